The Labute approximate surface area is 122 Å². The summed E-state index contributed by atoms with van der Waals surface area (Å²) in [6.07, 6.45) is 0.635. The Kier molecular flexibility index (Phi) is 4.56. The van der Waals surface area contributed by atoms with E-state index >= 15 is 0 Å². The molecular weight excluding hydrogens is 330 g/mol. The zero-order valence-electron chi connectivity index (χ0n) is 10.1. The minimum absolute atomic E-state index is 0.0351. The number of hydrogen-bond donors (Lipinski definition) is 0. The highest BCUT2D eigenvalue weighted by atomic mass is 35.5. The van der Waals surface area contributed by atoms with Gasteiger partial charge in [0.15, 0.2) is 9.84 Å². The highest BCUT2D eigenvalue weighted by molar-refractivity contribution is 7.92. The van der Waals surface area contributed by atoms with Crippen molar-refractivity contribution in [3.63, 3.8) is 0 Å². The Morgan fingerprint density at radius 2 is 1.89 bits per heavy atom. The van der Waals surface area contributed by atoms with E-state index in [4.69, 9.17) is 11.6 Å². The molecule has 0 aromatic carbocycles. The van der Waals surface area contributed by atoms with E-state index in [9.17, 15) is 16.8 Å². The normalized spacial score (nSPS) is 20.5. The van der Waals surface area contributed by atoms with Gasteiger partial charge < -0.3 is 0 Å². The maximum absolute atomic E-state index is 12.3. The van der Waals surface area contributed by atoms with Crippen LogP contribution >= 0.6 is 22.9 Å². The molecule has 0 spiro atoms. The first-order valence-electron chi connectivity index (χ1n) is 5.70. The number of halogens is 1. The minimum atomic E-state index is -3.57. The van der Waals surface area contributed by atoms with E-state index in [2.05, 4.69) is 0 Å². The molecule has 0 aliphatic carbocycles. The number of thiophene rings is 1. The number of alkyl halides is 1. The summed E-state index contributed by atoms with van der Waals surface area (Å²) in [5, 5.41) is 0. The number of sulfonamides is 1. The van der Waals surface area contributed by atoms with E-state index in [0.29, 0.717) is 12.3 Å². The molecule has 1 saturated heterocycles. The molecule has 1 aliphatic heterocycles. The Morgan fingerprint density at radius 3 is 2.47 bits per heavy atom. The van der Waals surface area contributed by atoms with Crippen LogP contribution in [0.25, 0.3) is 0 Å². The Balaban J connectivity index is 2.18. The zero-order valence-corrected chi connectivity index (χ0v) is 13.3. The van der Waals surface area contributed by atoms with Crippen LogP contribution in [0.2, 0.25) is 0 Å². The quantitative estimate of drug-likeness (QED) is 0.763. The van der Waals surface area contributed by atoms with Crippen molar-refractivity contribution in [2.75, 3.05) is 30.5 Å². The van der Waals surface area contributed by atoms with Gasteiger partial charge in [0, 0.05) is 23.8 Å². The van der Waals surface area contributed by atoms with E-state index in [1.165, 1.54) is 15.6 Å². The maximum atomic E-state index is 12.3. The lowest BCUT2D eigenvalue weighted by molar-refractivity contribution is 0.432. The molecule has 0 atom stereocenters. The topological polar surface area (TPSA) is 71.5 Å². The standard InChI is InChI=1S/C10H14ClNO4S3/c11-4-3-9-1-2-10(17-9)19(15,16)12-5-7-18(13,14)8-6-12/h1-2H,3-8H2. The average Bonchev–Trinajstić information content (AvgIpc) is 2.78. The first-order valence-corrected chi connectivity index (χ1v) is 10.3. The van der Waals surface area contributed by atoms with Gasteiger partial charge in [-0.05, 0) is 18.6 Å². The van der Waals surface area contributed by atoms with Gasteiger partial charge in [0.25, 0.3) is 10.0 Å². The Hall–Kier alpha value is -0.150. The van der Waals surface area contributed by atoms with Crippen molar-refractivity contribution in [3.8, 4) is 0 Å². The van der Waals surface area contributed by atoms with E-state index in [1.54, 1.807) is 12.1 Å². The lowest BCUT2D eigenvalue weighted by Crippen LogP contribution is -2.43. The summed E-state index contributed by atoms with van der Waals surface area (Å²) in [5.74, 6) is 0.236. The van der Waals surface area contributed by atoms with E-state index in [1.807, 2.05) is 0 Å². The van der Waals surface area contributed by atoms with Crippen LogP contribution in [0.5, 0.6) is 0 Å². The van der Waals surface area contributed by atoms with Crippen molar-refractivity contribution in [1.29, 1.82) is 0 Å². The number of aryl methyl sites for hydroxylation is 1. The molecule has 1 aromatic rings. The number of nitrogens with zero attached hydrogens (tertiary/aromatic N) is 1. The van der Waals surface area contributed by atoms with Gasteiger partial charge in [-0.3, -0.25) is 0 Å². The largest absolute Gasteiger partial charge is 0.252 e. The van der Waals surface area contributed by atoms with Gasteiger partial charge in [-0.2, -0.15) is 4.31 Å². The molecule has 19 heavy (non-hydrogen) atoms. The summed E-state index contributed by atoms with van der Waals surface area (Å²) >= 11 is 6.81. The van der Waals surface area contributed by atoms with Crippen LogP contribution < -0.4 is 0 Å². The predicted octanol–water partition coefficient (Wildman–Crippen LogP) is 0.949. The molecular formula is C10H14ClNO4S3. The second kappa shape index (κ2) is 5.69. The van der Waals surface area contributed by atoms with Crippen LogP contribution in [-0.4, -0.2) is 51.6 Å². The summed E-state index contributed by atoms with van der Waals surface area (Å²) in [4.78, 5) is 0.915. The molecule has 0 amide bonds. The number of hydrogen-bond acceptors (Lipinski definition) is 5. The molecule has 1 aromatic heterocycles. The maximum Gasteiger partial charge on any atom is 0.252 e. The van der Waals surface area contributed by atoms with Gasteiger partial charge in [-0.1, -0.05) is 0 Å². The second-order valence-corrected chi connectivity index (χ2v) is 10.2. The molecule has 0 unspecified atom stereocenters. The van der Waals surface area contributed by atoms with Crippen molar-refractivity contribution in [2.45, 2.75) is 10.6 Å². The molecule has 1 fully saturated rings. The van der Waals surface area contributed by atoms with E-state index < -0.39 is 19.9 Å². The Morgan fingerprint density at radius 1 is 1.26 bits per heavy atom. The second-order valence-electron chi connectivity index (χ2n) is 4.22. The average molecular weight is 344 g/mol. The summed E-state index contributed by atoms with van der Waals surface area (Å²) in [7, 11) is -6.65. The fraction of sp³-hybridized carbons (Fsp3) is 0.600. The molecule has 5 nitrogen and oxygen atoms in total. The lowest BCUT2D eigenvalue weighted by atomic mass is 10.4. The SMILES string of the molecule is O=S1(=O)CCN(S(=O)(=O)c2ccc(CCCl)s2)CC1. The fourth-order valence-electron chi connectivity index (χ4n) is 1.79. The molecule has 2 rings (SSSR count). The highest BCUT2D eigenvalue weighted by Crippen LogP contribution is 2.26. The summed E-state index contributed by atoms with van der Waals surface area (Å²) in [6.45, 7) is 0.0703. The van der Waals surface area contributed by atoms with Crippen molar-refractivity contribution >= 4 is 42.8 Å². The van der Waals surface area contributed by atoms with Crippen molar-refractivity contribution in [3.05, 3.63) is 17.0 Å². The molecule has 0 radical (unpaired) electrons. The molecule has 0 bridgehead atoms. The Bertz CT molecular complexity index is 636. The van der Waals surface area contributed by atoms with E-state index in [-0.39, 0.29) is 28.8 Å². The van der Waals surface area contributed by atoms with Crippen LogP contribution in [-0.2, 0) is 26.3 Å². The van der Waals surface area contributed by atoms with Gasteiger partial charge in [0.2, 0.25) is 0 Å². The van der Waals surface area contributed by atoms with Crippen LogP contribution in [0, 0.1) is 0 Å². The van der Waals surface area contributed by atoms with Gasteiger partial charge in [-0.15, -0.1) is 22.9 Å². The molecule has 0 saturated carbocycles. The summed E-state index contributed by atoms with van der Waals surface area (Å²) in [5.41, 5.74) is 0. The number of sulfone groups is 1. The number of rotatable bonds is 4. The van der Waals surface area contributed by atoms with E-state index in [0.717, 1.165) is 4.88 Å². The molecule has 108 valence electrons. The molecule has 0 N–H and O–H groups in total. The van der Waals surface area contributed by atoms with Gasteiger partial charge in [0.05, 0.1) is 11.5 Å². The van der Waals surface area contributed by atoms with Gasteiger partial charge in [0.1, 0.15) is 4.21 Å². The van der Waals surface area contributed by atoms with Crippen molar-refractivity contribution in [2.24, 2.45) is 0 Å². The monoisotopic (exact) mass is 343 g/mol. The van der Waals surface area contributed by atoms with Crippen LogP contribution in [0.3, 0.4) is 0 Å². The first kappa shape index (κ1) is 15.2. The lowest BCUT2D eigenvalue weighted by Gasteiger charge is -2.25. The molecule has 2 heterocycles. The third-order valence-corrected chi connectivity index (χ3v) is 8.18. The summed E-state index contributed by atoms with van der Waals surface area (Å²) < 4.78 is 48.8. The van der Waals surface area contributed by atoms with Gasteiger partial charge >= 0.3 is 0 Å². The zero-order chi connectivity index (χ0) is 14.1. The van der Waals surface area contributed by atoms with Crippen LogP contribution in [0.4, 0.5) is 0 Å². The fourth-order valence-corrected chi connectivity index (χ4v) is 6.49. The third kappa shape index (κ3) is 3.49. The van der Waals surface area contributed by atoms with Gasteiger partial charge in [-0.25, -0.2) is 16.8 Å². The first-order chi connectivity index (χ1) is 8.85. The van der Waals surface area contributed by atoms with Crippen LogP contribution in [0.1, 0.15) is 4.88 Å². The van der Waals surface area contributed by atoms with Crippen LogP contribution in [0.15, 0.2) is 16.3 Å². The smallest absolute Gasteiger partial charge is 0.229 e. The van der Waals surface area contributed by atoms with Crippen molar-refractivity contribution < 1.29 is 16.8 Å². The highest BCUT2D eigenvalue weighted by Gasteiger charge is 2.31. The summed E-state index contributed by atoms with van der Waals surface area (Å²) in [6, 6.07) is 3.31. The third-order valence-electron chi connectivity index (χ3n) is 2.88. The molecule has 1 aliphatic rings. The van der Waals surface area contributed by atoms with Crippen molar-refractivity contribution in [1.82, 2.24) is 4.31 Å². The minimum Gasteiger partial charge on any atom is -0.229 e. The molecule has 9 heteroatoms. The predicted molar refractivity (Wildman–Crippen MR) is 76.2 cm³/mol.